The molecule has 0 spiro atoms. The Morgan fingerprint density at radius 2 is 2.12 bits per heavy atom. The molecule has 2 fully saturated rings. The highest BCUT2D eigenvalue weighted by atomic mass is 35.5. The molecule has 6 rings (SSSR count). The molecule has 9 nitrogen and oxygen atoms in total. The van der Waals surface area contributed by atoms with Crippen molar-refractivity contribution in [3.63, 3.8) is 0 Å². The lowest BCUT2D eigenvalue weighted by atomic mass is 10.1. The fraction of sp³-hybridized carbons (Fsp3) is 0.393. The van der Waals surface area contributed by atoms with Gasteiger partial charge in [0, 0.05) is 42.2 Å². The van der Waals surface area contributed by atoms with Gasteiger partial charge in [-0.2, -0.15) is 0 Å². The van der Waals surface area contributed by atoms with Crippen LogP contribution in [0.25, 0.3) is 11.3 Å². The van der Waals surface area contributed by atoms with Crippen LogP contribution in [0.1, 0.15) is 32.3 Å². The predicted molar refractivity (Wildman–Crippen MR) is 146 cm³/mol. The number of alkyl halides is 2. The molecule has 1 unspecified atom stereocenters. The number of urea groups is 1. The number of carbonyl (C=O) groups excluding carboxylic acids is 1. The van der Waals surface area contributed by atoms with E-state index in [0.717, 1.165) is 18.7 Å². The summed E-state index contributed by atoms with van der Waals surface area (Å²) in [7, 11) is 0. The molecule has 3 aliphatic rings. The molecule has 1 aromatic carbocycles. The first-order valence-electron chi connectivity index (χ1n) is 13.0. The van der Waals surface area contributed by atoms with Crippen LogP contribution in [0.4, 0.5) is 30.8 Å². The summed E-state index contributed by atoms with van der Waals surface area (Å²) in [6.45, 7) is 5.75. The number of nitrogens with one attached hydrogen (secondary N) is 1. The molecule has 1 N–H and O–H groups in total. The van der Waals surface area contributed by atoms with Crippen molar-refractivity contribution in [2.45, 2.75) is 44.6 Å². The zero-order valence-electron chi connectivity index (χ0n) is 21.9. The first kappa shape index (κ1) is 26.7. The number of aromatic nitrogens is 2. The first-order valence-corrected chi connectivity index (χ1v) is 13.4. The molecule has 2 aromatic heterocycles. The number of amides is 2. The molecule has 5 heterocycles. The number of nitrogens with zero attached hydrogens (tertiary/aromatic N) is 4. The summed E-state index contributed by atoms with van der Waals surface area (Å²) < 4.78 is 43.8. The number of carbonyl (C=O) groups is 1. The fourth-order valence-corrected chi connectivity index (χ4v) is 5.54. The van der Waals surface area contributed by atoms with Gasteiger partial charge in [-0.3, -0.25) is 4.90 Å². The summed E-state index contributed by atoms with van der Waals surface area (Å²) >= 11 is 6.60. The van der Waals surface area contributed by atoms with Crippen molar-refractivity contribution in [1.82, 2.24) is 9.97 Å². The van der Waals surface area contributed by atoms with Crippen LogP contribution in [0.2, 0.25) is 5.02 Å². The number of halogens is 3. The second-order valence-corrected chi connectivity index (χ2v) is 10.8. The highest BCUT2D eigenvalue weighted by molar-refractivity contribution is 6.33. The average molecular weight is 572 g/mol. The van der Waals surface area contributed by atoms with Gasteiger partial charge in [-0.15, -0.1) is 0 Å². The lowest BCUT2D eigenvalue weighted by Crippen LogP contribution is -2.48. The average Bonchev–Trinajstić information content (AvgIpc) is 3.51. The Hall–Kier alpha value is -3.54. The van der Waals surface area contributed by atoms with E-state index in [4.69, 9.17) is 30.8 Å². The monoisotopic (exact) mass is 571 g/mol. The number of hydrogen-bond donors (Lipinski definition) is 1. The molecule has 0 aliphatic carbocycles. The van der Waals surface area contributed by atoms with Crippen molar-refractivity contribution >= 4 is 34.8 Å². The molecule has 2 atom stereocenters. The molecule has 3 aromatic rings. The van der Waals surface area contributed by atoms with Gasteiger partial charge in [0.1, 0.15) is 12.7 Å². The molecule has 2 amide bonds. The number of benzene rings is 1. The molecule has 2 bridgehead atoms. The van der Waals surface area contributed by atoms with Crippen molar-refractivity contribution in [2.75, 3.05) is 41.4 Å². The Kier molecular flexibility index (Phi) is 6.97. The van der Waals surface area contributed by atoms with Gasteiger partial charge in [0.05, 0.1) is 29.1 Å². The van der Waals surface area contributed by atoms with Crippen LogP contribution < -0.4 is 19.9 Å². The largest absolute Gasteiger partial charge is 0.475 e. The van der Waals surface area contributed by atoms with Crippen LogP contribution in [-0.4, -0.2) is 60.2 Å². The van der Waals surface area contributed by atoms with Crippen LogP contribution in [-0.2, 0) is 9.47 Å². The second-order valence-electron chi connectivity index (χ2n) is 10.4. The number of pyridine rings is 2. The van der Waals surface area contributed by atoms with E-state index < -0.39 is 12.2 Å². The molecule has 210 valence electrons. The van der Waals surface area contributed by atoms with E-state index >= 15 is 0 Å². The van der Waals surface area contributed by atoms with Gasteiger partial charge in [0.25, 0.3) is 6.43 Å². The third-order valence-corrected chi connectivity index (χ3v) is 7.42. The molecule has 12 heteroatoms. The quantitative estimate of drug-likeness (QED) is 0.394. The standard InChI is InChI=1S/C28H28ClF2N5O4/c1-28(2)39-15-20(40-28)14-38-23-11-18(6-8-32-23)33-27(37)36-19-7-9-35(13-19)22-12-21(29)24(34-26(22)36)16-4-3-5-17(10-16)25(30)31/h3-6,8,10-12,19-20,25H,7,9,13-15H2,1-2H3,(H,32,33,37)/t19-,20?/m0/s1. The molecule has 0 saturated carbocycles. The van der Waals surface area contributed by atoms with E-state index in [2.05, 4.69) is 15.2 Å². The number of rotatable bonds is 6. The predicted octanol–water partition coefficient (Wildman–Crippen LogP) is 5.90. The summed E-state index contributed by atoms with van der Waals surface area (Å²) in [5.74, 6) is 0.115. The zero-order valence-corrected chi connectivity index (χ0v) is 22.7. The summed E-state index contributed by atoms with van der Waals surface area (Å²) in [4.78, 5) is 26.4. The lowest BCUT2D eigenvalue weighted by Gasteiger charge is -2.36. The highest BCUT2D eigenvalue weighted by Gasteiger charge is 2.41. The molecular formula is C28H28ClF2N5O4. The highest BCUT2D eigenvalue weighted by Crippen LogP contribution is 2.43. The van der Waals surface area contributed by atoms with Gasteiger partial charge in [0.2, 0.25) is 5.88 Å². The van der Waals surface area contributed by atoms with Gasteiger partial charge in [-0.05, 0) is 38.5 Å². The minimum atomic E-state index is -2.62. The van der Waals surface area contributed by atoms with Crippen LogP contribution in [0.5, 0.6) is 5.88 Å². The van der Waals surface area contributed by atoms with Gasteiger partial charge in [0.15, 0.2) is 11.6 Å². The minimum Gasteiger partial charge on any atom is -0.475 e. The van der Waals surface area contributed by atoms with Crippen LogP contribution in [0.3, 0.4) is 0 Å². The van der Waals surface area contributed by atoms with E-state index in [1.54, 1.807) is 41.4 Å². The van der Waals surface area contributed by atoms with Crippen molar-refractivity contribution in [2.24, 2.45) is 0 Å². The minimum absolute atomic E-state index is 0.109. The zero-order chi connectivity index (χ0) is 28.0. The van der Waals surface area contributed by atoms with Crippen LogP contribution in [0.15, 0.2) is 48.7 Å². The Balaban J connectivity index is 1.24. The maximum absolute atomic E-state index is 13.7. The van der Waals surface area contributed by atoms with Crippen LogP contribution in [0, 0.1) is 0 Å². The number of anilines is 3. The van der Waals surface area contributed by atoms with Gasteiger partial charge < -0.3 is 24.4 Å². The van der Waals surface area contributed by atoms with E-state index in [0.29, 0.717) is 46.8 Å². The maximum Gasteiger partial charge on any atom is 0.327 e. The number of fused-ring (bicyclic) bond motifs is 4. The van der Waals surface area contributed by atoms with E-state index in [9.17, 15) is 13.6 Å². The fourth-order valence-electron chi connectivity index (χ4n) is 5.28. The molecule has 0 radical (unpaired) electrons. The van der Waals surface area contributed by atoms with Crippen molar-refractivity contribution in [3.05, 3.63) is 59.2 Å². The Bertz CT molecular complexity index is 1440. The Morgan fingerprint density at radius 3 is 2.90 bits per heavy atom. The molecule has 3 aliphatic heterocycles. The summed E-state index contributed by atoms with van der Waals surface area (Å²) in [6, 6.07) is 10.5. The summed E-state index contributed by atoms with van der Waals surface area (Å²) in [5, 5.41) is 3.26. The lowest BCUT2D eigenvalue weighted by molar-refractivity contribution is -0.141. The smallest absolute Gasteiger partial charge is 0.327 e. The van der Waals surface area contributed by atoms with Gasteiger partial charge in [-0.1, -0.05) is 29.8 Å². The van der Waals surface area contributed by atoms with Crippen molar-refractivity contribution in [3.8, 4) is 17.1 Å². The van der Waals surface area contributed by atoms with Gasteiger partial charge >= 0.3 is 6.03 Å². The van der Waals surface area contributed by atoms with Crippen LogP contribution >= 0.6 is 11.6 Å². The topological polar surface area (TPSA) is 89.1 Å². The molecular weight excluding hydrogens is 544 g/mol. The Morgan fingerprint density at radius 1 is 1.27 bits per heavy atom. The maximum atomic E-state index is 13.7. The van der Waals surface area contributed by atoms with E-state index in [1.165, 1.54) is 12.1 Å². The number of hydrogen-bond acceptors (Lipinski definition) is 7. The summed E-state index contributed by atoms with van der Waals surface area (Å²) in [6.07, 6.45) is -0.546. The second kappa shape index (κ2) is 10.5. The third kappa shape index (κ3) is 5.28. The molecule has 2 saturated heterocycles. The van der Waals surface area contributed by atoms with Crippen molar-refractivity contribution in [1.29, 1.82) is 0 Å². The van der Waals surface area contributed by atoms with E-state index in [-0.39, 0.29) is 30.3 Å². The van der Waals surface area contributed by atoms with Gasteiger partial charge in [-0.25, -0.2) is 23.5 Å². The normalized spacial score (nSPS) is 21.1. The summed E-state index contributed by atoms with van der Waals surface area (Å²) in [5.41, 5.74) is 1.89. The third-order valence-electron chi connectivity index (χ3n) is 7.14. The SMILES string of the molecule is CC1(C)OCC(COc2cc(NC(=O)N3c4nc(-c5cccc(C(F)F)c5)c(Cl)cc4N4CC[C@H]3C4)ccn2)O1. The first-order chi connectivity index (χ1) is 19.2. The Labute approximate surface area is 235 Å². The molecule has 40 heavy (non-hydrogen) atoms. The number of ether oxygens (including phenoxy) is 3. The van der Waals surface area contributed by atoms with E-state index in [1.807, 2.05) is 13.8 Å². The van der Waals surface area contributed by atoms with Crippen molar-refractivity contribution < 1.29 is 27.8 Å².